The zero-order valence-electron chi connectivity index (χ0n) is 13.7. The Morgan fingerprint density at radius 1 is 1.16 bits per heavy atom. The van der Waals surface area contributed by atoms with Crippen LogP contribution in [0.5, 0.6) is 5.75 Å². The molecule has 0 aliphatic carbocycles. The number of benzene rings is 1. The van der Waals surface area contributed by atoms with E-state index in [2.05, 4.69) is 14.7 Å². The summed E-state index contributed by atoms with van der Waals surface area (Å²) in [5.41, 5.74) is 7.69. The van der Waals surface area contributed by atoms with E-state index in [1.807, 2.05) is 10.6 Å². The van der Waals surface area contributed by atoms with E-state index in [0.717, 1.165) is 17.5 Å². The number of ether oxygens (including phenoxy) is 1. The van der Waals surface area contributed by atoms with Crippen LogP contribution in [-0.2, 0) is 10.0 Å². The lowest BCUT2D eigenvalue weighted by molar-refractivity contribution is 0.416. The number of anilines is 2. The fourth-order valence-electron chi connectivity index (χ4n) is 2.43. The number of methoxy groups -OCH3 is 1. The topological polar surface area (TPSA) is 112 Å². The van der Waals surface area contributed by atoms with Crippen LogP contribution < -0.4 is 15.2 Å². The fraction of sp³-hybridized carbons (Fsp3) is 0.125. The van der Waals surface area contributed by atoms with Gasteiger partial charge in [0.25, 0.3) is 0 Å². The van der Waals surface area contributed by atoms with Gasteiger partial charge in [-0.05, 0) is 24.3 Å². The molecule has 0 fully saturated rings. The van der Waals surface area contributed by atoms with Crippen molar-refractivity contribution in [3.05, 3.63) is 48.9 Å². The molecule has 2 heterocycles. The van der Waals surface area contributed by atoms with Gasteiger partial charge >= 0.3 is 0 Å². The molecule has 0 atom stereocenters. The SMILES string of the molecule is COc1cc(-n2ccnc2-c2ccnc(N)c2)ccc1NS(C)(=O)=O. The van der Waals surface area contributed by atoms with Crippen molar-refractivity contribution in [3.8, 4) is 22.8 Å². The number of hydrogen-bond acceptors (Lipinski definition) is 6. The number of aromatic nitrogens is 3. The first kappa shape index (κ1) is 16.8. The maximum Gasteiger partial charge on any atom is 0.229 e. The summed E-state index contributed by atoms with van der Waals surface area (Å²) in [6, 6.07) is 8.68. The number of sulfonamides is 1. The molecule has 0 bridgehead atoms. The maximum atomic E-state index is 11.5. The molecule has 8 nitrogen and oxygen atoms in total. The van der Waals surface area contributed by atoms with Crippen LogP contribution in [-0.4, -0.2) is 36.3 Å². The van der Waals surface area contributed by atoms with Crippen molar-refractivity contribution < 1.29 is 13.2 Å². The summed E-state index contributed by atoms with van der Waals surface area (Å²) >= 11 is 0. The Morgan fingerprint density at radius 2 is 1.96 bits per heavy atom. The highest BCUT2D eigenvalue weighted by atomic mass is 32.2. The van der Waals surface area contributed by atoms with Crippen LogP contribution in [0.15, 0.2) is 48.9 Å². The highest BCUT2D eigenvalue weighted by Gasteiger charge is 2.13. The van der Waals surface area contributed by atoms with Gasteiger partial charge in [-0.1, -0.05) is 0 Å². The van der Waals surface area contributed by atoms with Gasteiger partial charge < -0.3 is 10.5 Å². The molecule has 0 saturated carbocycles. The second kappa shape index (κ2) is 6.44. The van der Waals surface area contributed by atoms with Gasteiger partial charge in [0.15, 0.2) is 0 Å². The fourth-order valence-corrected chi connectivity index (χ4v) is 2.99. The van der Waals surface area contributed by atoms with Crippen LogP contribution >= 0.6 is 0 Å². The number of nitrogens with zero attached hydrogens (tertiary/aromatic N) is 3. The Labute approximate surface area is 145 Å². The van der Waals surface area contributed by atoms with E-state index in [-0.39, 0.29) is 0 Å². The van der Waals surface area contributed by atoms with Crippen LogP contribution in [0.2, 0.25) is 0 Å². The molecule has 0 amide bonds. The van der Waals surface area contributed by atoms with Crippen molar-refractivity contribution in [3.63, 3.8) is 0 Å². The molecule has 3 rings (SSSR count). The minimum atomic E-state index is -3.40. The lowest BCUT2D eigenvalue weighted by Gasteiger charge is -2.13. The van der Waals surface area contributed by atoms with Gasteiger partial charge in [-0.3, -0.25) is 9.29 Å². The van der Waals surface area contributed by atoms with E-state index in [9.17, 15) is 8.42 Å². The van der Waals surface area contributed by atoms with Crippen LogP contribution in [0, 0.1) is 0 Å². The average molecular weight is 359 g/mol. The van der Waals surface area contributed by atoms with Crippen molar-refractivity contribution in [1.82, 2.24) is 14.5 Å². The first-order valence-electron chi connectivity index (χ1n) is 7.29. The molecular weight excluding hydrogens is 342 g/mol. The Kier molecular flexibility index (Phi) is 4.32. The van der Waals surface area contributed by atoms with E-state index >= 15 is 0 Å². The first-order chi connectivity index (χ1) is 11.9. The number of nitrogen functional groups attached to an aromatic ring is 1. The Morgan fingerprint density at radius 3 is 2.64 bits per heavy atom. The molecule has 0 aliphatic rings. The van der Waals surface area contributed by atoms with Gasteiger partial charge in [-0.2, -0.15) is 0 Å². The standard InChI is InChI=1S/C16H17N5O3S/c1-24-14-10-12(3-4-13(14)20-25(2,22)23)21-8-7-19-16(21)11-5-6-18-15(17)9-11/h3-10,20H,1-2H3,(H2,17,18). The van der Waals surface area contributed by atoms with Gasteiger partial charge in [0.05, 0.1) is 24.7 Å². The number of rotatable bonds is 5. The third kappa shape index (κ3) is 3.72. The van der Waals surface area contributed by atoms with E-state index in [1.54, 1.807) is 42.9 Å². The number of hydrogen-bond donors (Lipinski definition) is 2. The summed E-state index contributed by atoms with van der Waals surface area (Å²) in [4.78, 5) is 8.35. The minimum Gasteiger partial charge on any atom is -0.494 e. The van der Waals surface area contributed by atoms with Gasteiger partial charge in [0, 0.05) is 30.2 Å². The molecule has 0 spiro atoms. The molecule has 0 unspecified atom stereocenters. The van der Waals surface area contributed by atoms with Crippen LogP contribution in [0.1, 0.15) is 0 Å². The maximum absolute atomic E-state index is 11.5. The number of nitrogens with two attached hydrogens (primary N) is 1. The number of nitrogens with one attached hydrogen (secondary N) is 1. The van der Waals surface area contributed by atoms with E-state index in [1.165, 1.54) is 7.11 Å². The van der Waals surface area contributed by atoms with Crippen LogP contribution in [0.4, 0.5) is 11.5 Å². The molecule has 0 aliphatic heterocycles. The van der Waals surface area contributed by atoms with Crippen molar-refractivity contribution in [2.24, 2.45) is 0 Å². The molecular formula is C16H17N5O3S. The highest BCUT2D eigenvalue weighted by Crippen LogP contribution is 2.30. The van der Waals surface area contributed by atoms with Crippen LogP contribution in [0.25, 0.3) is 17.1 Å². The second-order valence-electron chi connectivity index (χ2n) is 5.35. The van der Waals surface area contributed by atoms with Gasteiger partial charge in [-0.25, -0.2) is 18.4 Å². The average Bonchev–Trinajstić information content (AvgIpc) is 3.03. The molecule has 3 N–H and O–H groups in total. The highest BCUT2D eigenvalue weighted by molar-refractivity contribution is 7.92. The molecule has 0 radical (unpaired) electrons. The lowest BCUT2D eigenvalue weighted by Crippen LogP contribution is -2.10. The van der Waals surface area contributed by atoms with E-state index < -0.39 is 10.0 Å². The van der Waals surface area contributed by atoms with E-state index in [0.29, 0.717) is 23.1 Å². The largest absolute Gasteiger partial charge is 0.494 e. The summed E-state index contributed by atoms with van der Waals surface area (Å²) in [7, 11) is -1.93. The monoisotopic (exact) mass is 359 g/mol. The predicted octanol–water partition coefficient (Wildman–Crippen LogP) is 1.90. The van der Waals surface area contributed by atoms with Crippen LogP contribution in [0.3, 0.4) is 0 Å². The third-order valence-electron chi connectivity index (χ3n) is 3.44. The zero-order valence-corrected chi connectivity index (χ0v) is 14.5. The summed E-state index contributed by atoms with van der Waals surface area (Å²) in [6.45, 7) is 0. The smallest absolute Gasteiger partial charge is 0.229 e. The van der Waals surface area contributed by atoms with Gasteiger partial charge in [0.1, 0.15) is 17.4 Å². The molecule has 130 valence electrons. The van der Waals surface area contributed by atoms with Gasteiger partial charge in [-0.15, -0.1) is 0 Å². The molecule has 1 aromatic carbocycles. The Hall–Kier alpha value is -3.07. The quantitative estimate of drug-likeness (QED) is 0.719. The zero-order chi connectivity index (χ0) is 18.0. The lowest BCUT2D eigenvalue weighted by atomic mass is 10.2. The van der Waals surface area contributed by atoms with E-state index in [4.69, 9.17) is 10.5 Å². The molecule has 0 saturated heterocycles. The predicted molar refractivity (Wildman–Crippen MR) is 96.2 cm³/mol. The Balaban J connectivity index is 2.05. The summed E-state index contributed by atoms with van der Waals surface area (Å²) in [5, 5.41) is 0. The normalized spacial score (nSPS) is 11.3. The molecule has 2 aromatic heterocycles. The van der Waals surface area contributed by atoms with Crippen molar-refractivity contribution in [1.29, 1.82) is 0 Å². The van der Waals surface area contributed by atoms with Crippen molar-refractivity contribution in [2.45, 2.75) is 0 Å². The Bertz CT molecular complexity index is 1010. The van der Waals surface area contributed by atoms with Gasteiger partial charge in [0.2, 0.25) is 10.0 Å². The van der Waals surface area contributed by atoms with Crippen molar-refractivity contribution >= 4 is 21.5 Å². The third-order valence-corrected chi connectivity index (χ3v) is 4.03. The van der Waals surface area contributed by atoms with Crippen molar-refractivity contribution in [2.75, 3.05) is 23.8 Å². The second-order valence-corrected chi connectivity index (χ2v) is 7.10. The number of pyridine rings is 1. The molecule has 3 aromatic rings. The summed E-state index contributed by atoms with van der Waals surface area (Å²) in [5.74, 6) is 1.48. The number of imidazole rings is 1. The summed E-state index contributed by atoms with van der Waals surface area (Å²) in [6.07, 6.45) is 6.16. The minimum absolute atomic E-state index is 0.364. The summed E-state index contributed by atoms with van der Waals surface area (Å²) < 4.78 is 32.5. The molecule has 9 heteroatoms. The molecule has 25 heavy (non-hydrogen) atoms. The first-order valence-corrected chi connectivity index (χ1v) is 9.18.